The molecule has 0 aliphatic carbocycles. The highest BCUT2D eigenvalue weighted by atomic mass is 15.5. The van der Waals surface area contributed by atoms with Gasteiger partial charge in [-0.15, -0.1) is 0 Å². The van der Waals surface area contributed by atoms with Crippen LogP contribution in [0.5, 0.6) is 0 Å². The van der Waals surface area contributed by atoms with Crippen molar-refractivity contribution >= 4 is 0 Å². The van der Waals surface area contributed by atoms with Crippen LogP contribution in [0, 0.1) is 0 Å². The van der Waals surface area contributed by atoms with Crippen LogP contribution < -0.4 is 0 Å². The number of nitrogens with zero attached hydrogens (tertiary/aromatic N) is 2. The molecule has 2 nitrogen and oxygen atoms in total. The van der Waals surface area contributed by atoms with Gasteiger partial charge in [-0.2, -0.15) is 0 Å². The van der Waals surface area contributed by atoms with Crippen molar-refractivity contribution in [1.29, 1.82) is 0 Å². The Morgan fingerprint density at radius 1 is 0.485 bits per heavy atom. The van der Waals surface area contributed by atoms with E-state index in [2.05, 4.69) is 145 Å². The van der Waals surface area contributed by atoms with Crippen molar-refractivity contribution in [2.45, 2.75) is 44.7 Å². The first-order valence-corrected chi connectivity index (χ1v) is 11.9. The summed E-state index contributed by atoms with van der Waals surface area (Å²) in [5, 5.41) is 0. The van der Waals surface area contributed by atoms with Gasteiger partial charge in [0.05, 0.1) is 17.7 Å². The van der Waals surface area contributed by atoms with Gasteiger partial charge in [-0.1, -0.05) is 121 Å². The molecule has 1 aliphatic rings. The lowest BCUT2D eigenvalue weighted by atomic mass is 9.92. The number of hydrogen-bond donors (Lipinski definition) is 0. The summed E-state index contributed by atoms with van der Waals surface area (Å²) < 4.78 is 0. The van der Waals surface area contributed by atoms with Crippen molar-refractivity contribution in [3.8, 4) is 0 Å². The molecule has 1 fully saturated rings. The van der Waals surface area contributed by atoms with E-state index in [-0.39, 0.29) is 17.7 Å². The molecule has 5 rings (SSSR count). The Morgan fingerprint density at radius 3 is 1.12 bits per heavy atom. The van der Waals surface area contributed by atoms with Crippen LogP contribution in [0.15, 0.2) is 121 Å². The fraction of sp³-hybridized carbons (Fsp3) is 0.226. The molecule has 33 heavy (non-hydrogen) atoms. The minimum Gasteiger partial charge on any atom is -0.272 e. The second-order valence-electron chi connectivity index (χ2n) is 9.43. The summed E-state index contributed by atoms with van der Waals surface area (Å²) in [4.78, 5) is 5.39. The molecular weight excluding hydrogens is 400 g/mol. The van der Waals surface area contributed by atoms with Crippen LogP contribution >= 0.6 is 0 Å². The van der Waals surface area contributed by atoms with E-state index in [9.17, 15) is 0 Å². The highest BCUT2D eigenvalue weighted by molar-refractivity contribution is 5.32. The third kappa shape index (κ3) is 4.37. The van der Waals surface area contributed by atoms with Gasteiger partial charge in [-0.3, -0.25) is 9.80 Å². The molecule has 4 aromatic carbocycles. The zero-order chi connectivity index (χ0) is 22.7. The average molecular weight is 433 g/mol. The quantitative estimate of drug-likeness (QED) is 0.317. The van der Waals surface area contributed by atoms with Crippen LogP contribution in [-0.4, -0.2) is 15.5 Å². The molecule has 1 aliphatic heterocycles. The smallest absolute Gasteiger partial charge is 0.0697 e. The van der Waals surface area contributed by atoms with Crippen LogP contribution in [0.1, 0.15) is 48.2 Å². The SMILES string of the molecule is CC1(C)N(Cc2ccccc2)[C@@H](c2ccccc2)[C@H](c2ccccc2)N1Cc1ccccc1. The molecular formula is C31H32N2. The maximum atomic E-state index is 2.69. The molecule has 4 aromatic rings. The van der Waals surface area contributed by atoms with Crippen molar-refractivity contribution < 1.29 is 0 Å². The van der Waals surface area contributed by atoms with Crippen molar-refractivity contribution in [3.63, 3.8) is 0 Å². The fourth-order valence-corrected chi connectivity index (χ4v) is 5.36. The van der Waals surface area contributed by atoms with Crippen molar-refractivity contribution in [1.82, 2.24) is 9.80 Å². The van der Waals surface area contributed by atoms with Crippen LogP contribution in [0.3, 0.4) is 0 Å². The highest BCUT2D eigenvalue weighted by Gasteiger charge is 2.52. The van der Waals surface area contributed by atoms with Gasteiger partial charge >= 0.3 is 0 Å². The van der Waals surface area contributed by atoms with Gasteiger partial charge in [0.2, 0.25) is 0 Å². The van der Waals surface area contributed by atoms with Crippen LogP contribution in [0.25, 0.3) is 0 Å². The standard InChI is InChI=1S/C31H32N2/c1-31(2)32(23-25-15-7-3-8-16-25)29(27-19-11-5-12-20-27)30(28-21-13-6-14-22-28)33(31)24-26-17-9-4-10-18-26/h3-22,29-30H,23-24H2,1-2H3/t29-,30-/m0/s1. The second-order valence-corrected chi connectivity index (χ2v) is 9.43. The maximum Gasteiger partial charge on any atom is 0.0697 e. The molecule has 0 radical (unpaired) electrons. The van der Waals surface area contributed by atoms with Gasteiger partial charge in [0.15, 0.2) is 0 Å². The van der Waals surface area contributed by atoms with Gasteiger partial charge in [-0.05, 0) is 36.1 Å². The molecule has 0 bridgehead atoms. The number of hydrogen-bond acceptors (Lipinski definition) is 2. The van der Waals surface area contributed by atoms with Gasteiger partial charge in [0.1, 0.15) is 0 Å². The van der Waals surface area contributed by atoms with E-state index in [4.69, 9.17) is 0 Å². The van der Waals surface area contributed by atoms with Gasteiger partial charge in [0.25, 0.3) is 0 Å². The summed E-state index contributed by atoms with van der Waals surface area (Å²) in [6, 6.07) is 44.3. The first-order chi connectivity index (χ1) is 16.1. The lowest BCUT2D eigenvalue weighted by Gasteiger charge is -2.40. The van der Waals surface area contributed by atoms with E-state index < -0.39 is 0 Å². The zero-order valence-electron chi connectivity index (χ0n) is 19.5. The Morgan fingerprint density at radius 2 is 0.788 bits per heavy atom. The molecule has 166 valence electrons. The van der Waals surface area contributed by atoms with E-state index >= 15 is 0 Å². The van der Waals surface area contributed by atoms with Gasteiger partial charge < -0.3 is 0 Å². The Kier molecular flexibility index (Phi) is 6.13. The molecule has 0 unspecified atom stereocenters. The molecule has 1 heterocycles. The summed E-state index contributed by atoms with van der Waals surface area (Å²) in [6.45, 7) is 6.58. The predicted octanol–water partition coefficient (Wildman–Crippen LogP) is 7.22. The topological polar surface area (TPSA) is 6.48 Å². The third-order valence-electron chi connectivity index (χ3n) is 7.05. The van der Waals surface area contributed by atoms with Crippen LogP contribution in [0.2, 0.25) is 0 Å². The Bertz CT molecular complexity index is 1050. The normalized spacial score (nSPS) is 20.7. The van der Waals surface area contributed by atoms with Crippen LogP contribution in [-0.2, 0) is 13.1 Å². The summed E-state index contributed by atoms with van der Waals surface area (Å²) in [5.41, 5.74) is 5.28. The average Bonchev–Trinajstić information content (AvgIpc) is 3.08. The predicted molar refractivity (Wildman–Crippen MR) is 136 cm³/mol. The third-order valence-corrected chi connectivity index (χ3v) is 7.05. The van der Waals surface area contributed by atoms with Gasteiger partial charge in [-0.25, -0.2) is 0 Å². The minimum atomic E-state index is -0.146. The van der Waals surface area contributed by atoms with E-state index in [1.165, 1.54) is 22.3 Å². The molecule has 2 atom stereocenters. The van der Waals surface area contributed by atoms with Gasteiger partial charge in [0, 0.05) is 13.1 Å². The maximum absolute atomic E-state index is 2.69. The zero-order valence-corrected chi connectivity index (χ0v) is 19.5. The molecule has 0 amide bonds. The van der Waals surface area contributed by atoms with Crippen molar-refractivity contribution in [2.75, 3.05) is 0 Å². The minimum absolute atomic E-state index is 0.146. The first kappa shape index (κ1) is 21.6. The lowest BCUT2D eigenvalue weighted by Crippen LogP contribution is -2.48. The number of rotatable bonds is 6. The van der Waals surface area contributed by atoms with E-state index in [1.807, 2.05) is 0 Å². The van der Waals surface area contributed by atoms with Crippen molar-refractivity contribution in [3.05, 3.63) is 144 Å². The second kappa shape index (κ2) is 9.35. The molecule has 1 saturated heterocycles. The monoisotopic (exact) mass is 432 g/mol. The Balaban J connectivity index is 1.65. The molecule has 0 aromatic heterocycles. The summed E-state index contributed by atoms with van der Waals surface area (Å²) >= 11 is 0. The largest absolute Gasteiger partial charge is 0.272 e. The molecule has 0 spiro atoms. The summed E-state index contributed by atoms with van der Waals surface area (Å²) in [6.07, 6.45) is 0. The first-order valence-electron chi connectivity index (χ1n) is 11.9. The fourth-order valence-electron chi connectivity index (χ4n) is 5.36. The number of benzene rings is 4. The van der Waals surface area contributed by atoms with Crippen molar-refractivity contribution in [2.24, 2.45) is 0 Å². The van der Waals surface area contributed by atoms with E-state index in [1.54, 1.807) is 0 Å². The molecule has 2 heteroatoms. The Hall–Kier alpha value is -3.20. The highest BCUT2D eigenvalue weighted by Crippen LogP contribution is 2.52. The lowest BCUT2D eigenvalue weighted by molar-refractivity contribution is 0.0181. The molecule has 0 saturated carbocycles. The summed E-state index contributed by atoms with van der Waals surface area (Å²) in [5.74, 6) is 0. The Labute approximate surface area is 198 Å². The van der Waals surface area contributed by atoms with E-state index in [0.29, 0.717) is 0 Å². The molecule has 0 N–H and O–H groups in total. The van der Waals surface area contributed by atoms with Crippen LogP contribution in [0.4, 0.5) is 0 Å². The van der Waals surface area contributed by atoms with E-state index in [0.717, 1.165) is 13.1 Å². The summed E-state index contributed by atoms with van der Waals surface area (Å²) in [7, 11) is 0.